The molecule has 2 amide bonds. The maximum atomic E-state index is 12.5. The van der Waals surface area contributed by atoms with Crippen molar-refractivity contribution in [3.63, 3.8) is 0 Å². The number of piperidine rings is 1. The summed E-state index contributed by atoms with van der Waals surface area (Å²) in [5, 5.41) is 14.5. The van der Waals surface area contributed by atoms with Crippen molar-refractivity contribution in [1.29, 1.82) is 0 Å². The van der Waals surface area contributed by atoms with Gasteiger partial charge in [0.05, 0.1) is 6.54 Å². The summed E-state index contributed by atoms with van der Waals surface area (Å²) in [6.45, 7) is 1.57. The second-order valence-electron chi connectivity index (χ2n) is 8.89. The molecule has 182 valence electrons. The molecule has 0 radical (unpaired) electrons. The Bertz CT molecular complexity index is 1090. The lowest BCUT2D eigenvalue weighted by Crippen LogP contribution is -2.49. The summed E-state index contributed by atoms with van der Waals surface area (Å²) in [6.07, 6.45) is 6.00. The summed E-state index contributed by atoms with van der Waals surface area (Å²) < 4.78 is 5.62. The number of carbonyl (C=O) groups excluding carboxylic acids is 2. The van der Waals surface area contributed by atoms with Crippen LogP contribution in [0.4, 0.5) is 4.79 Å². The number of alkyl carbamates (subject to hydrolysis) is 1. The van der Waals surface area contributed by atoms with Gasteiger partial charge in [-0.15, -0.1) is 12.3 Å². The van der Waals surface area contributed by atoms with Crippen molar-refractivity contribution in [2.75, 3.05) is 26.2 Å². The molecule has 2 aromatic carbocycles. The van der Waals surface area contributed by atoms with Gasteiger partial charge in [0.25, 0.3) is 0 Å². The van der Waals surface area contributed by atoms with E-state index in [9.17, 15) is 14.4 Å². The van der Waals surface area contributed by atoms with Gasteiger partial charge in [-0.3, -0.25) is 9.69 Å². The van der Waals surface area contributed by atoms with Crippen LogP contribution in [-0.2, 0) is 14.3 Å². The quantitative estimate of drug-likeness (QED) is 0.507. The number of hydrogen-bond donors (Lipinski definition) is 3. The molecular formula is C27H29N3O5. The van der Waals surface area contributed by atoms with Crippen molar-refractivity contribution in [2.24, 2.45) is 0 Å². The number of carboxylic acids is 1. The average molecular weight is 476 g/mol. The third kappa shape index (κ3) is 5.81. The van der Waals surface area contributed by atoms with Crippen LogP contribution >= 0.6 is 0 Å². The number of amides is 2. The lowest BCUT2D eigenvalue weighted by Gasteiger charge is -2.31. The zero-order chi connectivity index (χ0) is 24.8. The average Bonchev–Trinajstić information content (AvgIpc) is 3.17. The highest BCUT2D eigenvalue weighted by molar-refractivity contribution is 5.85. The molecule has 1 fully saturated rings. The van der Waals surface area contributed by atoms with Crippen LogP contribution in [0.2, 0.25) is 0 Å². The number of ether oxygens (including phenoxy) is 1. The fraction of sp³-hybridized carbons (Fsp3) is 0.370. The summed E-state index contributed by atoms with van der Waals surface area (Å²) in [5.74, 6) is 0.741. The van der Waals surface area contributed by atoms with Crippen molar-refractivity contribution in [3.05, 3.63) is 59.7 Å². The van der Waals surface area contributed by atoms with Gasteiger partial charge in [0.1, 0.15) is 12.6 Å². The van der Waals surface area contributed by atoms with E-state index in [1.807, 2.05) is 29.2 Å². The first kappa shape index (κ1) is 24.3. The number of carboxylic acid groups (broad SMARTS) is 1. The van der Waals surface area contributed by atoms with Gasteiger partial charge >= 0.3 is 12.1 Å². The van der Waals surface area contributed by atoms with Gasteiger partial charge in [-0.1, -0.05) is 48.5 Å². The number of hydrogen-bond acceptors (Lipinski definition) is 5. The third-order valence-corrected chi connectivity index (χ3v) is 6.58. The predicted octanol–water partition coefficient (Wildman–Crippen LogP) is 2.58. The van der Waals surface area contributed by atoms with Gasteiger partial charge in [-0.2, -0.15) is 0 Å². The molecule has 2 aliphatic rings. The number of carbonyl (C=O) groups is 3. The van der Waals surface area contributed by atoms with Crippen molar-refractivity contribution in [3.8, 4) is 23.5 Å². The molecule has 0 saturated carbocycles. The minimum atomic E-state index is -1.15. The lowest BCUT2D eigenvalue weighted by atomic mass is 9.98. The van der Waals surface area contributed by atoms with Crippen LogP contribution in [0.5, 0.6) is 0 Å². The molecule has 1 aliphatic heterocycles. The minimum Gasteiger partial charge on any atom is -0.480 e. The summed E-state index contributed by atoms with van der Waals surface area (Å²) in [6, 6.07) is 15.3. The van der Waals surface area contributed by atoms with Crippen molar-refractivity contribution in [1.82, 2.24) is 15.5 Å². The molecule has 3 N–H and O–H groups in total. The third-order valence-electron chi connectivity index (χ3n) is 6.58. The van der Waals surface area contributed by atoms with E-state index in [4.69, 9.17) is 16.3 Å². The van der Waals surface area contributed by atoms with E-state index in [1.54, 1.807) is 0 Å². The van der Waals surface area contributed by atoms with E-state index in [2.05, 4.69) is 40.8 Å². The molecule has 0 bridgehead atoms. The first-order chi connectivity index (χ1) is 17.0. The van der Waals surface area contributed by atoms with Crippen LogP contribution in [0.25, 0.3) is 11.1 Å². The predicted molar refractivity (Wildman–Crippen MR) is 131 cm³/mol. The fourth-order valence-electron chi connectivity index (χ4n) is 4.80. The maximum Gasteiger partial charge on any atom is 0.407 e. The lowest BCUT2D eigenvalue weighted by molar-refractivity contribution is -0.141. The number of aliphatic carboxylic acids is 1. The number of benzene rings is 2. The summed E-state index contributed by atoms with van der Waals surface area (Å²) in [5.41, 5.74) is 4.70. The van der Waals surface area contributed by atoms with Crippen LogP contribution in [0.3, 0.4) is 0 Å². The Hall–Kier alpha value is -3.83. The topological polar surface area (TPSA) is 108 Å². The molecule has 0 aromatic heterocycles. The van der Waals surface area contributed by atoms with E-state index in [0.29, 0.717) is 25.9 Å². The van der Waals surface area contributed by atoms with Gasteiger partial charge in [-0.25, -0.2) is 9.59 Å². The molecule has 35 heavy (non-hydrogen) atoms. The van der Waals surface area contributed by atoms with Gasteiger partial charge in [-0.05, 0) is 35.1 Å². The van der Waals surface area contributed by atoms with E-state index >= 15 is 0 Å². The van der Waals surface area contributed by atoms with Gasteiger partial charge in [0.2, 0.25) is 5.91 Å². The van der Waals surface area contributed by atoms with E-state index in [-0.39, 0.29) is 37.4 Å². The number of likely N-dealkylation sites (tertiary alicyclic amines) is 1. The van der Waals surface area contributed by atoms with Crippen LogP contribution < -0.4 is 10.6 Å². The first-order valence-electron chi connectivity index (χ1n) is 11.8. The summed E-state index contributed by atoms with van der Waals surface area (Å²) >= 11 is 0. The van der Waals surface area contributed by atoms with Gasteiger partial charge in [0, 0.05) is 31.5 Å². The maximum absolute atomic E-state index is 12.5. The Kier molecular flexibility index (Phi) is 7.68. The van der Waals surface area contributed by atoms with Gasteiger partial charge < -0.3 is 20.5 Å². The molecule has 1 atom stereocenters. The fourth-order valence-corrected chi connectivity index (χ4v) is 4.80. The smallest absolute Gasteiger partial charge is 0.407 e. The second kappa shape index (κ2) is 11.1. The number of fused-ring (bicyclic) bond motifs is 3. The molecule has 0 spiro atoms. The zero-order valence-corrected chi connectivity index (χ0v) is 19.4. The van der Waals surface area contributed by atoms with Crippen molar-refractivity contribution in [2.45, 2.75) is 37.3 Å². The van der Waals surface area contributed by atoms with Gasteiger partial charge in [0.15, 0.2) is 0 Å². The highest BCUT2D eigenvalue weighted by atomic mass is 16.5. The molecule has 8 nitrogen and oxygen atoms in total. The largest absolute Gasteiger partial charge is 0.480 e. The number of rotatable bonds is 8. The number of nitrogens with one attached hydrogen (secondary N) is 2. The molecular weight excluding hydrogens is 446 g/mol. The zero-order valence-electron chi connectivity index (χ0n) is 19.4. The normalized spacial score (nSPS) is 16.4. The number of terminal acetylenes is 1. The number of nitrogens with zero attached hydrogens (tertiary/aromatic N) is 1. The molecule has 1 saturated heterocycles. The highest BCUT2D eigenvalue weighted by Crippen LogP contribution is 2.44. The van der Waals surface area contributed by atoms with Crippen LogP contribution in [0, 0.1) is 12.3 Å². The Morgan fingerprint density at radius 2 is 1.66 bits per heavy atom. The Balaban J connectivity index is 1.22. The van der Waals surface area contributed by atoms with Crippen molar-refractivity contribution >= 4 is 18.0 Å². The van der Waals surface area contributed by atoms with E-state index < -0.39 is 18.1 Å². The highest BCUT2D eigenvalue weighted by Gasteiger charge is 2.30. The second-order valence-corrected chi connectivity index (χ2v) is 8.89. The van der Waals surface area contributed by atoms with Crippen LogP contribution in [0.15, 0.2) is 48.5 Å². The Morgan fingerprint density at radius 3 is 2.23 bits per heavy atom. The standard InChI is InChI=1S/C27H29N3O5/c1-2-7-24(26(32)33)29-25(31)16-30-14-12-18(13-15-30)28-27(34)35-17-23-21-10-5-3-8-19(21)20-9-4-6-11-22(20)23/h1,3-6,8-11,18,23-24H,7,12-17H2,(H,28,34)(H,29,31)(H,32,33). The first-order valence-corrected chi connectivity index (χ1v) is 11.8. The van der Waals surface area contributed by atoms with E-state index in [0.717, 1.165) is 0 Å². The molecule has 1 aliphatic carbocycles. The van der Waals surface area contributed by atoms with Crippen LogP contribution in [0.1, 0.15) is 36.3 Å². The molecule has 8 heteroatoms. The Labute approximate surface area is 204 Å². The molecule has 1 unspecified atom stereocenters. The van der Waals surface area contributed by atoms with Crippen LogP contribution in [-0.4, -0.2) is 66.3 Å². The summed E-state index contributed by atoms with van der Waals surface area (Å²) in [4.78, 5) is 37.8. The Morgan fingerprint density at radius 1 is 1.06 bits per heavy atom. The minimum absolute atomic E-state index is 0.0117. The summed E-state index contributed by atoms with van der Waals surface area (Å²) in [7, 11) is 0. The molecule has 1 heterocycles. The van der Waals surface area contributed by atoms with E-state index in [1.165, 1.54) is 22.3 Å². The molecule has 4 rings (SSSR count). The SMILES string of the molecule is C#CCC(NC(=O)CN1CCC(NC(=O)OCC2c3ccccc3-c3ccccc32)CC1)C(=O)O. The monoisotopic (exact) mass is 475 g/mol. The van der Waals surface area contributed by atoms with Crippen molar-refractivity contribution < 1.29 is 24.2 Å². The molecule has 2 aromatic rings.